The number of carbonyl (C=O) groups excluding carboxylic acids is 1. The van der Waals surface area contributed by atoms with Gasteiger partial charge in [0.25, 0.3) is 0 Å². The van der Waals surface area contributed by atoms with Crippen LogP contribution in [-0.4, -0.2) is 21.2 Å². The number of amides is 1. The highest BCUT2D eigenvalue weighted by Gasteiger charge is 2.25. The van der Waals surface area contributed by atoms with Gasteiger partial charge in [0.1, 0.15) is 5.60 Å². The third-order valence-electron chi connectivity index (χ3n) is 3.34. The van der Waals surface area contributed by atoms with Crippen LogP contribution >= 0.6 is 0 Å². The molecule has 1 saturated carbocycles. The van der Waals surface area contributed by atoms with Crippen molar-refractivity contribution in [2.45, 2.75) is 64.6 Å². The van der Waals surface area contributed by atoms with Crippen molar-refractivity contribution in [3.8, 4) is 0 Å². The van der Waals surface area contributed by atoms with Crippen molar-refractivity contribution in [3.05, 3.63) is 18.2 Å². The Morgan fingerprint density at radius 2 is 2.21 bits per heavy atom. The van der Waals surface area contributed by atoms with Gasteiger partial charge in [0, 0.05) is 6.04 Å². The molecule has 0 aliphatic heterocycles. The Kier molecular flexibility index (Phi) is 3.83. The van der Waals surface area contributed by atoms with E-state index in [-0.39, 0.29) is 12.1 Å². The molecule has 0 bridgehead atoms. The first-order valence-corrected chi connectivity index (χ1v) is 6.88. The van der Waals surface area contributed by atoms with Gasteiger partial charge in [-0.05, 0) is 47.0 Å². The molecule has 1 atom stereocenters. The van der Waals surface area contributed by atoms with E-state index in [1.165, 1.54) is 19.3 Å². The second-order valence-corrected chi connectivity index (χ2v) is 6.18. The number of aromatic nitrogens is 2. The summed E-state index contributed by atoms with van der Waals surface area (Å²) in [4.78, 5) is 16.0. The number of imidazole rings is 1. The number of hydrogen-bond acceptors (Lipinski definition) is 3. The van der Waals surface area contributed by atoms with Crippen molar-refractivity contribution in [3.63, 3.8) is 0 Å². The van der Waals surface area contributed by atoms with E-state index in [0.29, 0.717) is 6.04 Å². The molecule has 1 aromatic heterocycles. The summed E-state index contributed by atoms with van der Waals surface area (Å²) >= 11 is 0. The Bertz CT molecular complexity index is 444. The van der Waals surface area contributed by atoms with E-state index in [9.17, 15) is 4.79 Å². The Morgan fingerprint density at radius 1 is 1.53 bits per heavy atom. The van der Waals surface area contributed by atoms with Crippen LogP contribution in [-0.2, 0) is 4.74 Å². The van der Waals surface area contributed by atoms with Crippen LogP contribution in [0.3, 0.4) is 0 Å². The van der Waals surface area contributed by atoms with Gasteiger partial charge >= 0.3 is 6.09 Å². The standard InChI is InChI=1S/C14H23N3O2/c1-10(16-13(18)19-14(2,3)4)12-8-15-9-17(12)11-6-5-7-11/h8-11H,5-7H2,1-4H3,(H,16,18)/t10-/m1/s1. The first kappa shape index (κ1) is 13.9. The van der Waals surface area contributed by atoms with Crippen molar-refractivity contribution in [1.29, 1.82) is 0 Å². The maximum absolute atomic E-state index is 11.8. The molecular formula is C14H23N3O2. The average molecular weight is 265 g/mol. The van der Waals surface area contributed by atoms with Gasteiger partial charge in [-0.25, -0.2) is 9.78 Å². The highest BCUT2D eigenvalue weighted by Crippen LogP contribution is 2.33. The van der Waals surface area contributed by atoms with E-state index in [4.69, 9.17) is 4.74 Å². The molecule has 1 aliphatic carbocycles. The minimum atomic E-state index is -0.474. The summed E-state index contributed by atoms with van der Waals surface area (Å²) in [5.41, 5.74) is 0.563. The fourth-order valence-corrected chi connectivity index (χ4v) is 2.18. The first-order chi connectivity index (χ1) is 8.87. The molecule has 0 unspecified atom stereocenters. The Labute approximate surface area is 114 Å². The number of rotatable bonds is 3. The highest BCUT2D eigenvalue weighted by atomic mass is 16.6. The molecule has 0 radical (unpaired) electrons. The van der Waals surface area contributed by atoms with Crippen molar-refractivity contribution in [2.75, 3.05) is 0 Å². The SMILES string of the molecule is C[C@@H](NC(=O)OC(C)(C)C)c1cncn1C1CCC1. The predicted octanol–water partition coefficient (Wildman–Crippen LogP) is 3.19. The zero-order chi connectivity index (χ0) is 14.0. The number of carbonyl (C=O) groups is 1. The molecule has 1 aliphatic rings. The topological polar surface area (TPSA) is 56.1 Å². The number of alkyl carbamates (subject to hydrolysis) is 1. The Hall–Kier alpha value is -1.52. The fourth-order valence-electron chi connectivity index (χ4n) is 2.18. The minimum Gasteiger partial charge on any atom is -0.444 e. The van der Waals surface area contributed by atoms with E-state index in [2.05, 4.69) is 14.9 Å². The van der Waals surface area contributed by atoms with Gasteiger partial charge in [-0.3, -0.25) is 0 Å². The molecule has 1 fully saturated rings. The number of nitrogens with zero attached hydrogens (tertiary/aromatic N) is 2. The third kappa shape index (κ3) is 3.49. The lowest BCUT2D eigenvalue weighted by Gasteiger charge is -2.30. The van der Waals surface area contributed by atoms with E-state index in [1.807, 2.05) is 40.2 Å². The lowest BCUT2D eigenvalue weighted by molar-refractivity contribution is 0.0505. The number of hydrogen-bond donors (Lipinski definition) is 1. The molecule has 1 N–H and O–H groups in total. The van der Waals surface area contributed by atoms with Gasteiger partial charge in [-0.2, -0.15) is 0 Å². The summed E-state index contributed by atoms with van der Waals surface area (Å²) in [6.07, 6.45) is 6.95. The molecule has 1 heterocycles. The number of nitrogens with one attached hydrogen (secondary N) is 1. The monoisotopic (exact) mass is 265 g/mol. The van der Waals surface area contributed by atoms with Crippen LogP contribution in [0.4, 0.5) is 4.79 Å². The van der Waals surface area contributed by atoms with E-state index in [0.717, 1.165) is 5.69 Å². The van der Waals surface area contributed by atoms with Crippen LogP contribution in [0, 0.1) is 0 Å². The summed E-state index contributed by atoms with van der Waals surface area (Å²) in [5, 5.41) is 2.86. The van der Waals surface area contributed by atoms with Gasteiger partial charge in [0.05, 0.1) is 24.3 Å². The van der Waals surface area contributed by atoms with E-state index >= 15 is 0 Å². The summed E-state index contributed by atoms with van der Waals surface area (Å²) in [6.45, 7) is 7.53. The predicted molar refractivity (Wildman–Crippen MR) is 72.9 cm³/mol. The molecule has 0 spiro atoms. The molecule has 2 rings (SSSR count). The molecule has 19 heavy (non-hydrogen) atoms. The Morgan fingerprint density at radius 3 is 2.74 bits per heavy atom. The van der Waals surface area contributed by atoms with Crippen molar-refractivity contribution >= 4 is 6.09 Å². The van der Waals surface area contributed by atoms with Crippen molar-refractivity contribution < 1.29 is 9.53 Å². The number of ether oxygens (including phenoxy) is 1. The molecule has 0 aromatic carbocycles. The Balaban J connectivity index is 1.98. The summed E-state index contributed by atoms with van der Waals surface area (Å²) in [5.74, 6) is 0. The lowest BCUT2D eigenvalue weighted by atomic mass is 9.92. The van der Waals surface area contributed by atoms with Gasteiger partial charge in [-0.15, -0.1) is 0 Å². The van der Waals surface area contributed by atoms with Crippen LogP contribution in [0.15, 0.2) is 12.5 Å². The summed E-state index contributed by atoms with van der Waals surface area (Å²) in [6, 6.07) is 0.443. The van der Waals surface area contributed by atoms with Crippen LogP contribution in [0.5, 0.6) is 0 Å². The van der Waals surface area contributed by atoms with E-state index in [1.54, 1.807) is 0 Å². The second-order valence-electron chi connectivity index (χ2n) is 6.18. The summed E-state index contributed by atoms with van der Waals surface area (Å²) < 4.78 is 7.44. The maximum Gasteiger partial charge on any atom is 0.408 e. The third-order valence-corrected chi connectivity index (χ3v) is 3.34. The van der Waals surface area contributed by atoms with Crippen molar-refractivity contribution in [2.24, 2.45) is 0 Å². The van der Waals surface area contributed by atoms with Gasteiger partial charge in [0.2, 0.25) is 0 Å². The molecule has 5 heteroatoms. The zero-order valence-electron chi connectivity index (χ0n) is 12.1. The van der Waals surface area contributed by atoms with Crippen LogP contribution in [0.2, 0.25) is 0 Å². The average Bonchev–Trinajstić information content (AvgIpc) is 2.60. The lowest BCUT2D eigenvalue weighted by Crippen LogP contribution is -2.35. The minimum absolute atomic E-state index is 0.0991. The largest absolute Gasteiger partial charge is 0.444 e. The molecule has 1 amide bonds. The highest BCUT2D eigenvalue weighted by molar-refractivity contribution is 5.68. The quantitative estimate of drug-likeness (QED) is 0.913. The summed E-state index contributed by atoms with van der Waals surface area (Å²) in [7, 11) is 0. The smallest absolute Gasteiger partial charge is 0.408 e. The molecule has 1 aromatic rings. The zero-order valence-corrected chi connectivity index (χ0v) is 12.1. The molecule has 0 saturated heterocycles. The van der Waals surface area contributed by atoms with Gasteiger partial charge < -0.3 is 14.6 Å². The molecular weight excluding hydrogens is 242 g/mol. The van der Waals surface area contributed by atoms with Crippen LogP contribution in [0.1, 0.15) is 64.7 Å². The molecule has 106 valence electrons. The first-order valence-electron chi connectivity index (χ1n) is 6.88. The fraction of sp³-hybridized carbons (Fsp3) is 0.714. The van der Waals surface area contributed by atoms with Gasteiger partial charge in [-0.1, -0.05) is 0 Å². The normalized spacial score (nSPS) is 17.7. The van der Waals surface area contributed by atoms with Gasteiger partial charge in [0.15, 0.2) is 0 Å². The maximum atomic E-state index is 11.8. The second kappa shape index (κ2) is 5.23. The molecule has 5 nitrogen and oxygen atoms in total. The van der Waals surface area contributed by atoms with Crippen molar-refractivity contribution in [1.82, 2.24) is 14.9 Å². The van der Waals surface area contributed by atoms with E-state index < -0.39 is 5.60 Å². The van der Waals surface area contributed by atoms with Crippen LogP contribution in [0.25, 0.3) is 0 Å². The van der Waals surface area contributed by atoms with Crippen LogP contribution < -0.4 is 5.32 Å².